The number of aromatic amines is 1. The number of sulfonamides is 1. The van der Waals surface area contributed by atoms with Gasteiger partial charge in [-0.1, -0.05) is 61.8 Å². The SMILES string of the molecule is COc1nc2[nH]cc(F)c2cc1Oc1cc(N2CCC3(CC2)CC(N2CCN(Cc4ccc(Cl)cc4)C[C@H]2c2ccccc2C(C)C)C3)ccc1C(=O)NS(=O)(=O)c1cnc(NCC2CCC(C)(O)CC2)c([N+](=O)[O-])c1. The van der Waals surface area contributed by atoms with Gasteiger partial charge in [0.1, 0.15) is 22.1 Å². The molecule has 20 heteroatoms. The maximum atomic E-state index is 14.9. The van der Waals surface area contributed by atoms with Crippen LogP contribution in [0.1, 0.15) is 111 Å². The lowest BCUT2D eigenvalue weighted by molar-refractivity contribution is -0.384. The van der Waals surface area contributed by atoms with Crippen LogP contribution in [0, 0.1) is 27.3 Å². The number of carbonyl (C=O) groups excluding carboxylic acids is 1. The number of methoxy groups -OCH3 is 1. The Hall–Kier alpha value is -6.38. The van der Waals surface area contributed by atoms with Crippen LogP contribution in [-0.2, 0) is 16.6 Å². The molecule has 1 spiro atoms. The molecular weight excluding hydrogens is 1010 g/mol. The molecule has 76 heavy (non-hydrogen) atoms. The molecule has 10 rings (SSSR count). The summed E-state index contributed by atoms with van der Waals surface area (Å²) in [4.78, 5) is 43.9. The standard InChI is InChI=1S/C56H65ClFN9O8S/c1-35(2)42-7-5-6-8-43(42)48-34-64(33-37-9-11-38(57)12-10-37)23-24-66(48)40-28-56(29-40)19-21-65(22-20-56)39-13-14-44(49(25-39)75-50-27-45-46(58)32-61-51(45)62-54(50)74-4)53(68)63-76(72,73)41-26-47(67(70)71)52(60-31-41)59-30-36-15-17-55(3,69)18-16-36/h5-14,25-27,31-32,35-36,40,48,69H,15-24,28-30,33-34H2,1-4H3,(H,59,60)(H,61,62)(H,63,68)/t36?,48-,55?/m0/s1. The van der Waals surface area contributed by atoms with Gasteiger partial charge in [0.25, 0.3) is 21.8 Å². The highest BCUT2D eigenvalue weighted by atomic mass is 35.5. The molecule has 0 bridgehead atoms. The van der Waals surface area contributed by atoms with Crippen molar-refractivity contribution in [1.29, 1.82) is 0 Å². The van der Waals surface area contributed by atoms with E-state index in [9.17, 15) is 32.8 Å². The summed E-state index contributed by atoms with van der Waals surface area (Å²) < 4.78 is 56.6. The number of piperidine rings is 1. The number of ether oxygens (including phenoxy) is 2. The highest BCUT2D eigenvalue weighted by molar-refractivity contribution is 7.90. The van der Waals surface area contributed by atoms with E-state index in [1.54, 1.807) is 19.1 Å². The van der Waals surface area contributed by atoms with E-state index >= 15 is 0 Å². The van der Waals surface area contributed by atoms with Gasteiger partial charge in [0.2, 0.25) is 5.82 Å². The average molecular weight is 1080 g/mol. The van der Waals surface area contributed by atoms with Crippen LogP contribution in [-0.4, -0.2) is 107 Å². The van der Waals surface area contributed by atoms with Crippen molar-refractivity contribution in [3.05, 3.63) is 134 Å². The quantitative estimate of drug-likeness (QED) is 0.0525. The molecule has 1 amide bonds. The summed E-state index contributed by atoms with van der Waals surface area (Å²) in [5, 5.41) is 26.4. The van der Waals surface area contributed by atoms with Crippen LogP contribution in [0.3, 0.4) is 0 Å². The molecule has 17 nitrogen and oxygen atoms in total. The van der Waals surface area contributed by atoms with Crippen molar-refractivity contribution in [3.8, 4) is 17.4 Å². The lowest BCUT2D eigenvalue weighted by atomic mass is 9.59. The zero-order valence-electron chi connectivity index (χ0n) is 43.2. The van der Waals surface area contributed by atoms with Gasteiger partial charge in [0.05, 0.1) is 34.8 Å². The fourth-order valence-electron chi connectivity index (χ4n) is 11.9. The molecule has 2 aliphatic carbocycles. The van der Waals surface area contributed by atoms with E-state index < -0.39 is 42.9 Å². The molecule has 2 saturated heterocycles. The summed E-state index contributed by atoms with van der Waals surface area (Å²) in [5.74, 6) is -1.36. The topological polar surface area (TPSA) is 208 Å². The number of nitrogens with zero attached hydrogens (tertiary/aromatic N) is 6. The van der Waals surface area contributed by atoms with E-state index in [2.05, 4.69) is 89.9 Å². The lowest BCUT2D eigenvalue weighted by Gasteiger charge is -2.58. The third-order valence-electron chi connectivity index (χ3n) is 16.3. The minimum absolute atomic E-state index is 0.0153. The van der Waals surface area contributed by atoms with Crippen molar-refractivity contribution in [3.63, 3.8) is 0 Å². The highest BCUT2D eigenvalue weighted by Crippen LogP contribution is 2.53. The molecule has 3 aromatic carbocycles. The predicted molar refractivity (Wildman–Crippen MR) is 289 cm³/mol. The number of rotatable bonds is 16. The van der Waals surface area contributed by atoms with E-state index in [1.807, 2.05) is 12.1 Å². The summed E-state index contributed by atoms with van der Waals surface area (Å²) in [6, 6.07) is 24.9. The van der Waals surface area contributed by atoms with E-state index in [0.29, 0.717) is 44.2 Å². The average Bonchev–Trinajstić information content (AvgIpc) is 3.78. The number of piperazine rings is 1. The fourth-order valence-corrected chi connectivity index (χ4v) is 12.9. The number of aromatic nitrogens is 3. The van der Waals surface area contributed by atoms with Crippen molar-refractivity contribution < 1.29 is 37.1 Å². The van der Waals surface area contributed by atoms with Crippen molar-refractivity contribution in [2.45, 2.75) is 107 Å². The molecule has 5 heterocycles. The molecule has 4 fully saturated rings. The van der Waals surface area contributed by atoms with E-state index in [4.69, 9.17) is 21.1 Å². The van der Waals surface area contributed by atoms with Gasteiger partial charge in [-0.25, -0.2) is 22.5 Å². The number of hydrogen-bond acceptors (Lipinski definition) is 14. The number of anilines is 2. The molecule has 6 aromatic rings. The van der Waals surface area contributed by atoms with E-state index in [0.717, 1.165) is 94.1 Å². The van der Waals surface area contributed by atoms with Crippen LogP contribution in [0.4, 0.5) is 21.6 Å². The first-order chi connectivity index (χ1) is 36.4. The highest BCUT2D eigenvalue weighted by Gasteiger charge is 2.50. The minimum Gasteiger partial charge on any atom is -0.478 e. The number of halogens is 2. The Labute approximate surface area is 447 Å². The Morgan fingerprint density at radius 2 is 1.74 bits per heavy atom. The number of fused-ring (bicyclic) bond motifs is 1. The molecule has 402 valence electrons. The number of benzene rings is 3. The van der Waals surface area contributed by atoms with Crippen molar-refractivity contribution in [2.24, 2.45) is 11.3 Å². The number of aliphatic hydroxyl groups is 1. The van der Waals surface area contributed by atoms with Crippen LogP contribution >= 0.6 is 11.6 Å². The first kappa shape index (κ1) is 53.0. The zero-order chi connectivity index (χ0) is 53.5. The first-order valence-electron chi connectivity index (χ1n) is 26.1. The van der Waals surface area contributed by atoms with Gasteiger partial charge in [-0.3, -0.25) is 24.7 Å². The van der Waals surface area contributed by atoms with Crippen molar-refractivity contribution in [2.75, 3.05) is 56.6 Å². The molecule has 0 radical (unpaired) electrons. The largest absolute Gasteiger partial charge is 0.478 e. The Balaban J connectivity index is 0.858. The maximum absolute atomic E-state index is 14.9. The maximum Gasteiger partial charge on any atom is 0.312 e. The number of carbonyl (C=O) groups is 1. The number of nitro groups is 1. The monoisotopic (exact) mass is 1080 g/mol. The van der Waals surface area contributed by atoms with Crippen LogP contribution in [0.15, 0.2) is 96.2 Å². The second-order valence-corrected chi connectivity index (χ2v) is 23.9. The van der Waals surface area contributed by atoms with Gasteiger partial charge in [-0.2, -0.15) is 4.98 Å². The van der Waals surface area contributed by atoms with E-state index in [1.165, 1.54) is 35.9 Å². The Morgan fingerprint density at radius 3 is 2.45 bits per heavy atom. The van der Waals surface area contributed by atoms with Crippen LogP contribution in [0.2, 0.25) is 5.02 Å². The third kappa shape index (κ3) is 11.3. The fraction of sp³-hybridized carbons (Fsp3) is 0.446. The Kier molecular flexibility index (Phi) is 15.0. The Bertz CT molecular complexity index is 3220. The molecule has 1 atom stereocenters. The summed E-state index contributed by atoms with van der Waals surface area (Å²) in [5.41, 5.74) is 3.62. The van der Waals surface area contributed by atoms with Crippen molar-refractivity contribution >= 4 is 55.8 Å². The van der Waals surface area contributed by atoms with Gasteiger partial charge in [-0.15, -0.1) is 0 Å². The van der Waals surface area contributed by atoms with Crippen LogP contribution < -0.4 is 24.4 Å². The summed E-state index contributed by atoms with van der Waals surface area (Å²) in [6.07, 6.45) is 8.79. The van der Waals surface area contributed by atoms with Crippen molar-refractivity contribution in [1.82, 2.24) is 29.5 Å². The molecule has 3 aromatic heterocycles. The van der Waals surface area contributed by atoms with Gasteiger partial charge in [0.15, 0.2) is 5.75 Å². The zero-order valence-corrected chi connectivity index (χ0v) is 44.8. The number of nitrogens with one attached hydrogen (secondary N) is 3. The molecule has 2 saturated carbocycles. The van der Waals surface area contributed by atoms with Crippen LogP contribution in [0.25, 0.3) is 11.0 Å². The third-order valence-corrected chi connectivity index (χ3v) is 17.8. The summed E-state index contributed by atoms with van der Waals surface area (Å²) in [7, 11) is -3.37. The molecule has 0 unspecified atom stereocenters. The normalized spacial score (nSPS) is 21.4. The van der Waals surface area contributed by atoms with Gasteiger partial charge in [0, 0.05) is 93.0 Å². The number of hydrogen-bond donors (Lipinski definition) is 4. The molecule has 4 aliphatic rings. The number of pyridine rings is 2. The molecule has 4 N–H and O–H groups in total. The van der Waals surface area contributed by atoms with Gasteiger partial charge >= 0.3 is 5.69 Å². The second-order valence-electron chi connectivity index (χ2n) is 21.8. The van der Waals surface area contributed by atoms with Gasteiger partial charge in [-0.05, 0) is 116 Å². The molecule has 2 aliphatic heterocycles. The smallest absolute Gasteiger partial charge is 0.312 e. The van der Waals surface area contributed by atoms with Gasteiger partial charge < -0.3 is 29.8 Å². The summed E-state index contributed by atoms with van der Waals surface area (Å²) >= 11 is 6.23. The minimum atomic E-state index is -4.74. The van der Waals surface area contributed by atoms with E-state index in [-0.39, 0.29) is 57.2 Å². The second kappa shape index (κ2) is 21.6. The first-order valence-corrected chi connectivity index (χ1v) is 28.0. The number of amides is 1. The Morgan fingerprint density at radius 1 is 1.00 bits per heavy atom. The summed E-state index contributed by atoms with van der Waals surface area (Å²) in [6.45, 7) is 11.9. The number of H-pyrrole nitrogens is 1. The van der Waals surface area contributed by atoms with Crippen LogP contribution in [0.5, 0.6) is 17.4 Å². The predicted octanol–water partition coefficient (Wildman–Crippen LogP) is 10.4. The lowest BCUT2D eigenvalue weighted by Crippen LogP contribution is -2.60. The molecular formula is C56H65ClFN9O8S.